The fraction of sp³-hybridized carbons (Fsp3) is 0.900. The zero-order chi connectivity index (χ0) is 10.6. The third-order valence-electron chi connectivity index (χ3n) is 1.85. The van der Waals surface area contributed by atoms with E-state index in [1.54, 1.807) is 0 Å². The Bertz CT molecular complexity index is 158. The lowest BCUT2D eigenvalue weighted by Crippen LogP contribution is -2.43. The number of carbonyl (C=O) groups is 1. The Hall–Kier alpha value is -0.100. The summed E-state index contributed by atoms with van der Waals surface area (Å²) in [5.74, 6) is 0.307. The Morgan fingerprint density at radius 2 is 1.54 bits per heavy atom. The van der Waals surface area contributed by atoms with E-state index in [9.17, 15) is 4.79 Å². The van der Waals surface area contributed by atoms with Gasteiger partial charge in [-0.1, -0.05) is 0 Å². The van der Waals surface area contributed by atoms with Gasteiger partial charge in [-0.15, -0.1) is 7.92 Å². The smallest absolute Gasteiger partial charge is 0.227 e. The van der Waals surface area contributed by atoms with Crippen molar-refractivity contribution >= 4 is 13.8 Å². The van der Waals surface area contributed by atoms with Crippen molar-refractivity contribution in [3.63, 3.8) is 0 Å². The number of carbonyl (C=O) groups excluding carboxylic acids is 1. The van der Waals surface area contributed by atoms with E-state index >= 15 is 0 Å². The van der Waals surface area contributed by atoms with Gasteiger partial charge < -0.3 is 4.90 Å². The van der Waals surface area contributed by atoms with Crippen LogP contribution in [0.25, 0.3) is 0 Å². The maximum absolute atomic E-state index is 11.8. The third kappa shape index (κ3) is 4.61. The molecule has 0 aromatic rings. The molecule has 0 atom stereocenters. The van der Waals surface area contributed by atoms with Crippen molar-refractivity contribution < 1.29 is 4.79 Å². The molecule has 0 aliphatic carbocycles. The molecule has 0 aliphatic rings. The maximum atomic E-state index is 11.8. The third-order valence-corrected chi connectivity index (χ3v) is 2.76. The average molecular weight is 203 g/mol. The summed E-state index contributed by atoms with van der Waals surface area (Å²) in [6, 6.07) is 0.643. The van der Waals surface area contributed by atoms with E-state index in [0.29, 0.717) is 18.0 Å². The Morgan fingerprint density at radius 1 is 1.15 bits per heavy atom. The first-order chi connectivity index (χ1) is 5.86. The van der Waals surface area contributed by atoms with E-state index in [1.807, 2.05) is 4.90 Å². The lowest BCUT2D eigenvalue weighted by molar-refractivity contribution is -0.131. The van der Waals surface area contributed by atoms with Gasteiger partial charge in [0, 0.05) is 18.2 Å². The molecule has 0 aliphatic heterocycles. The van der Waals surface area contributed by atoms with Crippen molar-refractivity contribution in [3.05, 3.63) is 0 Å². The molecule has 0 saturated carbocycles. The highest BCUT2D eigenvalue weighted by molar-refractivity contribution is 7.56. The topological polar surface area (TPSA) is 20.3 Å². The van der Waals surface area contributed by atoms with Gasteiger partial charge in [0.1, 0.15) is 0 Å². The quantitative estimate of drug-likeness (QED) is 0.642. The van der Waals surface area contributed by atoms with Gasteiger partial charge in [-0.05, 0) is 41.0 Å². The molecular weight excluding hydrogens is 181 g/mol. The zero-order valence-electron chi connectivity index (χ0n) is 9.66. The van der Waals surface area contributed by atoms with Gasteiger partial charge in [-0.25, -0.2) is 0 Å². The lowest BCUT2D eigenvalue weighted by Gasteiger charge is -2.31. The first-order valence-corrected chi connectivity index (χ1v) is 7.24. The second-order valence-electron chi connectivity index (χ2n) is 4.23. The monoisotopic (exact) mass is 203 g/mol. The minimum atomic E-state index is -0.113. The van der Waals surface area contributed by atoms with Gasteiger partial charge in [0.05, 0.1) is 0 Å². The SMILES string of the molecule is CC(C)N(C(=O)CP(C)C)C(C)C. The molecule has 13 heavy (non-hydrogen) atoms. The number of rotatable bonds is 4. The van der Waals surface area contributed by atoms with Gasteiger partial charge in [0.2, 0.25) is 5.91 Å². The van der Waals surface area contributed by atoms with Gasteiger partial charge in [0.25, 0.3) is 0 Å². The maximum Gasteiger partial charge on any atom is 0.227 e. The van der Waals surface area contributed by atoms with Crippen molar-refractivity contribution in [2.75, 3.05) is 19.5 Å². The molecule has 0 fully saturated rings. The van der Waals surface area contributed by atoms with Gasteiger partial charge in [-0.2, -0.15) is 0 Å². The molecule has 0 rings (SSSR count). The summed E-state index contributed by atoms with van der Waals surface area (Å²) >= 11 is 0. The molecule has 0 heterocycles. The van der Waals surface area contributed by atoms with Crippen LogP contribution in [0.5, 0.6) is 0 Å². The van der Waals surface area contributed by atoms with Crippen LogP contribution in [0.3, 0.4) is 0 Å². The van der Waals surface area contributed by atoms with Crippen LogP contribution in [-0.4, -0.2) is 42.4 Å². The standard InChI is InChI=1S/C10H22NOP/c1-8(2)11(9(3)4)10(12)7-13(5)6/h8-9H,7H2,1-6H3. The Balaban J connectivity index is 4.29. The molecule has 0 saturated heterocycles. The van der Waals surface area contributed by atoms with E-state index < -0.39 is 0 Å². The second kappa shape index (κ2) is 5.59. The van der Waals surface area contributed by atoms with Crippen LogP contribution in [0.4, 0.5) is 0 Å². The van der Waals surface area contributed by atoms with Crippen LogP contribution in [0.1, 0.15) is 27.7 Å². The molecule has 2 nitrogen and oxygen atoms in total. The highest BCUT2D eigenvalue weighted by atomic mass is 31.1. The minimum absolute atomic E-state index is 0.113. The molecule has 0 aromatic heterocycles. The van der Waals surface area contributed by atoms with Crippen molar-refractivity contribution in [3.8, 4) is 0 Å². The van der Waals surface area contributed by atoms with Crippen molar-refractivity contribution in [2.45, 2.75) is 39.8 Å². The molecule has 0 bridgehead atoms. The number of hydrogen-bond acceptors (Lipinski definition) is 1. The van der Waals surface area contributed by atoms with E-state index in [1.165, 1.54) is 0 Å². The summed E-state index contributed by atoms with van der Waals surface area (Å²) in [4.78, 5) is 13.8. The summed E-state index contributed by atoms with van der Waals surface area (Å²) < 4.78 is 0. The summed E-state index contributed by atoms with van der Waals surface area (Å²) in [5.41, 5.74) is 0. The van der Waals surface area contributed by atoms with Crippen LogP contribution in [0.2, 0.25) is 0 Å². The predicted octanol–water partition coefficient (Wildman–Crippen LogP) is 2.37. The Morgan fingerprint density at radius 3 is 1.77 bits per heavy atom. The van der Waals surface area contributed by atoms with Crippen LogP contribution in [-0.2, 0) is 4.79 Å². The molecule has 0 spiro atoms. The number of amides is 1. The first-order valence-electron chi connectivity index (χ1n) is 4.82. The molecule has 0 N–H and O–H groups in total. The van der Waals surface area contributed by atoms with E-state index in [4.69, 9.17) is 0 Å². The number of nitrogens with zero attached hydrogens (tertiary/aromatic N) is 1. The summed E-state index contributed by atoms with van der Waals surface area (Å²) in [5, 5.41) is 0. The molecular formula is C10H22NOP. The zero-order valence-corrected chi connectivity index (χ0v) is 10.6. The second-order valence-corrected chi connectivity index (χ2v) is 6.70. The van der Waals surface area contributed by atoms with Crippen molar-refractivity contribution in [2.24, 2.45) is 0 Å². The average Bonchev–Trinajstić information content (AvgIpc) is 1.81. The van der Waals surface area contributed by atoms with Crippen molar-refractivity contribution in [1.29, 1.82) is 0 Å². The largest absolute Gasteiger partial charge is 0.338 e. The molecule has 0 unspecified atom stereocenters. The van der Waals surface area contributed by atoms with Crippen LogP contribution in [0.15, 0.2) is 0 Å². The molecule has 1 amide bonds. The summed E-state index contributed by atoms with van der Waals surface area (Å²) in [7, 11) is -0.113. The fourth-order valence-corrected chi connectivity index (χ4v) is 2.23. The first kappa shape index (κ1) is 12.9. The highest BCUT2D eigenvalue weighted by Crippen LogP contribution is 2.25. The van der Waals surface area contributed by atoms with Gasteiger partial charge in [-0.3, -0.25) is 4.79 Å². The minimum Gasteiger partial charge on any atom is -0.338 e. The summed E-state index contributed by atoms with van der Waals surface area (Å²) in [6.07, 6.45) is 0.728. The molecule has 78 valence electrons. The molecule has 3 heteroatoms. The fourth-order valence-electron chi connectivity index (χ4n) is 1.52. The Labute approximate surface area is 83.4 Å². The summed E-state index contributed by atoms with van der Waals surface area (Å²) in [6.45, 7) is 12.6. The van der Waals surface area contributed by atoms with Crippen molar-refractivity contribution in [1.82, 2.24) is 4.90 Å². The Kier molecular flexibility index (Phi) is 5.55. The highest BCUT2D eigenvalue weighted by Gasteiger charge is 2.20. The van der Waals surface area contributed by atoms with Gasteiger partial charge >= 0.3 is 0 Å². The predicted molar refractivity (Wildman–Crippen MR) is 60.8 cm³/mol. The normalized spacial score (nSPS) is 11.5. The van der Waals surface area contributed by atoms with Crippen LogP contribution < -0.4 is 0 Å². The van der Waals surface area contributed by atoms with E-state index in [-0.39, 0.29) is 7.92 Å². The van der Waals surface area contributed by atoms with Crippen LogP contribution in [0, 0.1) is 0 Å². The number of hydrogen-bond donors (Lipinski definition) is 0. The van der Waals surface area contributed by atoms with Crippen LogP contribution >= 0.6 is 7.92 Å². The molecule has 0 aromatic carbocycles. The van der Waals surface area contributed by atoms with E-state index in [0.717, 1.165) is 6.16 Å². The molecule has 0 radical (unpaired) electrons. The van der Waals surface area contributed by atoms with Gasteiger partial charge in [0.15, 0.2) is 0 Å². The van der Waals surface area contributed by atoms with E-state index in [2.05, 4.69) is 41.0 Å². The lowest BCUT2D eigenvalue weighted by atomic mass is 10.2.